The number of aliphatic imine (C=N–C) groups is 1. The Hall–Kier alpha value is -2.05. The van der Waals surface area contributed by atoms with Crippen molar-refractivity contribution in [2.75, 3.05) is 19.7 Å². The first-order chi connectivity index (χ1) is 13.9. The van der Waals surface area contributed by atoms with Crippen molar-refractivity contribution in [2.24, 2.45) is 12.0 Å². The molecule has 0 aliphatic carbocycles. The van der Waals surface area contributed by atoms with Crippen LogP contribution in [-0.2, 0) is 23.0 Å². The van der Waals surface area contributed by atoms with E-state index in [1.54, 1.807) is 0 Å². The summed E-state index contributed by atoms with van der Waals surface area (Å²) >= 11 is 0. The smallest absolute Gasteiger partial charge is 0.305 e. The van der Waals surface area contributed by atoms with Crippen LogP contribution < -0.4 is 10.6 Å². The molecule has 0 aliphatic heterocycles. The van der Waals surface area contributed by atoms with Gasteiger partial charge in [-0.15, -0.1) is 0 Å². The Morgan fingerprint density at radius 1 is 1.17 bits per heavy atom. The average Bonchev–Trinajstić information content (AvgIpc) is 2.90. The van der Waals surface area contributed by atoms with E-state index in [4.69, 9.17) is 9.73 Å². The molecule has 1 aromatic rings. The highest BCUT2D eigenvalue weighted by Crippen LogP contribution is 2.14. The molecule has 0 radical (unpaired) electrons. The summed E-state index contributed by atoms with van der Waals surface area (Å²) in [5.41, 5.74) is 3.63. The molecule has 0 aromatic carbocycles. The molecule has 1 rings (SSSR count). The fourth-order valence-electron chi connectivity index (χ4n) is 3.36. The molecule has 1 aromatic heterocycles. The second-order valence-electron chi connectivity index (χ2n) is 7.61. The highest BCUT2D eigenvalue weighted by atomic mass is 16.5. The van der Waals surface area contributed by atoms with E-state index in [2.05, 4.69) is 43.4 Å². The van der Waals surface area contributed by atoms with E-state index in [1.807, 2.05) is 18.7 Å². The van der Waals surface area contributed by atoms with Gasteiger partial charge in [0.15, 0.2) is 5.96 Å². The lowest BCUT2D eigenvalue weighted by molar-refractivity contribution is -0.143. The molecule has 1 unspecified atom stereocenters. The maximum atomic E-state index is 11.3. The van der Waals surface area contributed by atoms with Crippen molar-refractivity contribution < 1.29 is 9.53 Å². The Labute approximate surface area is 176 Å². The van der Waals surface area contributed by atoms with Crippen molar-refractivity contribution in [2.45, 2.75) is 85.6 Å². The molecule has 0 spiro atoms. The molecule has 1 heterocycles. The number of nitrogens with zero attached hydrogens (tertiary/aromatic N) is 3. The quantitative estimate of drug-likeness (QED) is 0.227. The van der Waals surface area contributed by atoms with Gasteiger partial charge in [-0.2, -0.15) is 5.10 Å². The third-order valence-electron chi connectivity index (χ3n) is 5.01. The van der Waals surface area contributed by atoms with E-state index < -0.39 is 0 Å². The number of unbranched alkanes of at least 4 members (excludes halogenated alkanes) is 4. The number of carbonyl (C=O) groups is 1. The number of hydrogen-bond acceptors (Lipinski definition) is 4. The summed E-state index contributed by atoms with van der Waals surface area (Å²) in [6.07, 6.45) is 6.78. The second-order valence-corrected chi connectivity index (χ2v) is 7.61. The molecular formula is C22H41N5O2. The second kappa shape index (κ2) is 14.0. The van der Waals surface area contributed by atoms with Gasteiger partial charge in [0.05, 0.1) is 12.3 Å². The van der Waals surface area contributed by atoms with Crippen LogP contribution in [0.1, 0.15) is 76.2 Å². The maximum Gasteiger partial charge on any atom is 0.305 e. The van der Waals surface area contributed by atoms with Gasteiger partial charge in [0, 0.05) is 38.3 Å². The maximum absolute atomic E-state index is 11.3. The molecule has 0 saturated heterocycles. The summed E-state index contributed by atoms with van der Waals surface area (Å²) in [6, 6.07) is 0.275. The van der Waals surface area contributed by atoms with Gasteiger partial charge < -0.3 is 15.4 Å². The van der Waals surface area contributed by atoms with E-state index in [0.29, 0.717) is 13.0 Å². The van der Waals surface area contributed by atoms with Crippen molar-refractivity contribution in [3.8, 4) is 0 Å². The highest BCUT2D eigenvalue weighted by Gasteiger charge is 2.13. The lowest BCUT2D eigenvalue weighted by atomic mass is 10.1. The molecule has 2 N–H and O–H groups in total. The van der Waals surface area contributed by atoms with E-state index in [9.17, 15) is 4.79 Å². The van der Waals surface area contributed by atoms with Gasteiger partial charge in [-0.3, -0.25) is 14.5 Å². The van der Waals surface area contributed by atoms with Crippen molar-refractivity contribution in [3.05, 3.63) is 17.0 Å². The molecule has 166 valence electrons. The molecule has 0 amide bonds. The zero-order valence-corrected chi connectivity index (χ0v) is 19.3. The number of nitrogens with one attached hydrogen (secondary N) is 2. The standard InChI is InChI=1S/C22H41N5O2/c1-7-23-22(24-15-13-11-9-10-12-14-21(28)29-8-2)25-17(3)16-20-18(4)26-27(6)19(20)5/h17H,7-16H2,1-6H3,(H2,23,24,25). The number of ether oxygens (including phenoxy) is 1. The van der Waals surface area contributed by atoms with Gasteiger partial charge in [0.2, 0.25) is 0 Å². The van der Waals surface area contributed by atoms with Crippen molar-refractivity contribution in [1.29, 1.82) is 0 Å². The van der Waals surface area contributed by atoms with Crippen molar-refractivity contribution in [3.63, 3.8) is 0 Å². The number of esters is 1. The first kappa shape index (κ1) is 25.0. The van der Waals surface area contributed by atoms with Crippen LogP contribution in [0.2, 0.25) is 0 Å². The third-order valence-corrected chi connectivity index (χ3v) is 5.01. The summed E-state index contributed by atoms with van der Waals surface area (Å²) in [4.78, 5) is 16.0. The first-order valence-electron chi connectivity index (χ1n) is 11.1. The van der Waals surface area contributed by atoms with Crippen molar-refractivity contribution >= 4 is 11.9 Å². The molecule has 29 heavy (non-hydrogen) atoms. The minimum atomic E-state index is -0.0794. The topological polar surface area (TPSA) is 80.5 Å². The van der Waals surface area contributed by atoms with Crippen molar-refractivity contribution in [1.82, 2.24) is 20.4 Å². The van der Waals surface area contributed by atoms with Gasteiger partial charge in [-0.1, -0.05) is 19.3 Å². The number of carbonyl (C=O) groups excluding carboxylic acids is 1. The van der Waals surface area contributed by atoms with Crippen LogP contribution in [0, 0.1) is 13.8 Å². The summed E-state index contributed by atoms with van der Waals surface area (Å²) in [6.45, 7) is 12.4. The Balaban J connectivity index is 2.32. The fourth-order valence-corrected chi connectivity index (χ4v) is 3.36. The van der Waals surface area contributed by atoms with Gasteiger partial charge >= 0.3 is 5.97 Å². The van der Waals surface area contributed by atoms with Crippen LogP contribution >= 0.6 is 0 Å². The predicted molar refractivity (Wildman–Crippen MR) is 119 cm³/mol. The van der Waals surface area contributed by atoms with E-state index >= 15 is 0 Å². The number of aryl methyl sites for hydroxylation is 2. The lowest BCUT2D eigenvalue weighted by Crippen LogP contribution is -2.43. The molecule has 0 fully saturated rings. The van der Waals surface area contributed by atoms with Gasteiger partial charge in [-0.25, -0.2) is 0 Å². The van der Waals surface area contributed by atoms with E-state index in [-0.39, 0.29) is 12.0 Å². The van der Waals surface area contributed by atoms with Gasteiger partial charge in [0.25, 0.3) is 0 Å². The molecule has 0 aliphatic rings. The van der Waals surface area contributed by atoms with Crippen LogP contribution in [0.15, 0.2) is 4.99 Å². The number of guanidine groups is 1. The number of rotatable bonds is 13. The van der Waals surface area contributed by atoms with E-state index in [1.165, 1.54) is 11.3 Å². The van der Waals surface area contributed by atoms with Crippen LogP contribution in [0.25, 0.3) is 0 Å². The normalized spacial score (nSPS) is 12.7. The first-order valence-corrected chi connectivity index (χ1v) is 11.1. The Kier molecular flexibility index (Phi) is 12.1. The Morgan fingerprint density at radius 2 is 1.86 bits per heavy atom. The molecule has 0 saturated carbocycles. The van der Waals surface area contributed by atoms with Gasteiger partial charge in [0.1, 0.15) is 0 Å². The molecular weight excluding hydrogens is 366 g/mol. The fraction of sp³-hybridized carbons (Fsp3) is 0.773. The summed E-state index contributed by atoms with van der Waals surface area (Å²) < 4.78 is 6.89. The molecule has 7 heteroatoms. The zero-order valence-electron chi connectivity index (χ0n) is 19.3. The van der Waals surface area contributed by atoms with Crippen LogP contribution in [0.5, 0.6) is 0 Å². The largest absolute Gasteiger partial charge is 0.466 e. The summed E-state index contributed by atoms with van der Waals surface area (Å²) in [5, 5.41) is 11.4. The number of hydrogen-bond donors (Lipinski definition) is 2. The summed E-state index contributed by atoms with van der Waals surface area (Å²) in [7, 11) is 1.99. The lowest BCUT2D eigenvalue weighted by Gasteiger charge is -2.18. The number of aromatic nitrogens is 2. The van der Waals surface area contributed by atoms with Crippen LogP contribution in [0.3, 0.4) is 0 Å². The van der Waals surface area contributed by atoms with Crippen LogP contribution in [-0.4, -0.2) is 47.4 Å². The molecule has 1 atom stereocenters. The predicted octanol–water partition coefficient (Wildman–Crippen LogP) is 3.43. The monoisotopic (exact) mass is 407 g/mol. The molecule has 0 bridgehead atoms. The molecule has 7 nitrogen and oxygen atoms in total. The minimum Gasteiger partial charge on any atom is -0.466 e. The highest BCUT2D eigenvalue weighted by molar-refractivity contribution is 5.80. The third kappa shape index (κ3) is 9.81. The van der Waals surface area contributed by atoms with Gasteiger partial charge in [-0.05, 0) is 59.4 Å². The van der Waals surface area contributed by atoms with E-state index in [0.717, 1.165) is 63.3 Å². The minimum absolute atomic E-state index is 0.0794. The zero-order chi connectivity index (χ0) is 21.6. The Bertz CT molecular complexity index is 639. The van der Waals surface area contributed by atoms with Crippen LogP contribution in [0.4, 0.5) is 0 Å². The Morgan fingerprint density at radius 3 is 2.48 bits per heavy atom. The average molecular weight is 408 g/mol. The summed E-state index contributed by atoms with van der Waals surface area (Å²) in [5.74, 6) is 0.797. The SMILES string of the molecule is CCNC(=NCCCCCCCC(=O)OCC)NC(C)Cc1c(C)nn(C)c1C.